The molecule has 0 saturated carbocycles. The maximum Gasteiger partial charge on any atom is 0.234 e. The number of halogens is 3. The third kappa shape index (κ3) is 4.23. The lowest BCUT2D eigenvalue weighted by atomic mass is 10.3. The Labute approximate surface area is 106 Å². The molecule has 0 aliphatic heterocycles. The molecule has 0 heterocycles. The van der Waals surface area contributed by atoms with E-state index in [9.17, 15) is 18.0 Å². The number of carbonyl (C=O) groups excluding carboxylic acids is 1. The van der Waals surface area contributed by atoms with Crippen LogP contribution in [0.25, 0.3) is 0 Å². The summed E-state index contributed by atoms with van der Waals surface area (Å²) in [6.45, 7) is 0.0341. The molecule has 0 aliphatic carbocycles. The molecule has 18 heavy (non-hydrogen) atoms. The van der Waals surface area contributed by atoms with Gasteiger partial charge in [0, 0.05) is 6.61 Å². The molecule has 3 nitrogen and oxygen atoms in total. The highest BCUT2D eigenvalue weighted by molar-refractivity contribution is 7.99. The van der Waals surface area contributed by atoms with Crippen LogP contribution in [0.2, 0.25) is 0 Å². The SMILES string of the molecule is O=C(CSCCCO)Nc1ccc(F)c(F)c1F. The summed E-state index contributed by atoms with van der Waals surface area (Å²) < 4.78 is 38.7. The minimum absolute atomic E-state index is 0.0341. The molecule has 1 amide bonds. The van der Waals surface area contributed by atoms with Crippen LogP contribution in [0.15, 0.2) is 12.1 Å². The monoisotopic (exact) mass is 279 g/mol. The van der Waals surface area contributed by atoms with Crippen molar-refractivity contribution < 1.29 is 23.1 Å². The van der Waals surface area contributed by atoms with E-state index >= 15 is 0 Å². The van der Waals surface area contributed by atoms with Crippen LogP contribution < -0.4 is 5.32 Å². The van der Waals surface area contributed by atoms with Gasteiger partial charge in [-0.1, -0.05) is 0 Å². The van der Waals surface area contributed by atoms with Crippen molar-refractivity contribution in [2.24, 2.45) is 0 Å². The molecule has 100 valence electrons. The van der Waals surface area contributed by atoms with Gasteiger partial charge in [0.05, 0.1) is 11.4 Å². The number of thioether (sulfide) groups is 1. The second kappa shape index (κ2) is 7.27. The van der Waals surface area contributed by atoms with Crippen LogP contribution in [0.5, 0.6) is 0 Å². The third-order valence-corrected chi connectivity index (χ3v) is 3.03. The maximum atomic E-state index is 13.2. The Kier molecular flexibility index (Phi) is 6.00. The fourth-order valence-electron chi connectivity index (χ4n) is 1.14. The summed E-state index contributed by atoms with van der Waals surface area (Å²) in [4.78, 5) is 11.3. The van der Waals surface area contributed by atoms with Gasteiger partial charge in [0.15, 0.2) is 17.5 Å². The second-order valence-electron chi connectivity index (χ2n) is 3.40. The molecule has 0 atom stereocenters. The van der Waals surface area contributed by atoms with Gasteiger partial charge in [-0.25, -0.2) is 13.2 Å². The first-order chi connectivity index (χ1) is 8.56. The summed E-state index contributed by atoms with van der Waals surface area (Å²) in [5.41, 5.74) is -0.387. The second-order valence-corrected chi connectivity index (χ2v) is 4.51. The van der Waals surface area contributed by atoms with E-state index in [2.05, 4.69) is 5.32 Å². The van der Waals surface area contributed by atoms with Crippen molar-refractivity contribution in [1.82, 2.24) is 0 Å². The Hall–Kier alpha value is -1.21. The van der Waals surface area contributed by atoms with Gasteiger partial charge in [0.1, 0.15) is 0 Å². The van der Waals surface area contributed by atoms with Gasteiger partial charge in [-0.05, 0) is 24.3 Å². The predicted molar refractivity (Wildman–Crippen MR) is 64.0 cm³/mol. The highest BCUT2D eigenvalue weighted by Gasteiger charge is 2.14. The first-order valence-corrected chi connectivity index (χ1v) is 6.33. The lowest BCUT2D eigenvalue weighted by Gasteiger charge is -2.07. The van der Waals surface area contributed by atoms with Crippen molar-refractivity contribution in [2.75, 3.05) is 23.4 Å². The molecule has 0 aromatic heterocycles. The summed E-state index contributed by atoms with van der Waals surface area (Å²) in [6, 6.07) is 1.71. The van der Waals surface area contributed by atoms with Crippen molar-refractivity contribution in [1.29, 1.82) is 0 Å². The van der Waals surface area contributed by atoms with Crippen LogP contribution in [-0.4, -0.2) is 29.1 Å². The summed E-state index contributed by atoms with van der Waals surface area (Å²) in [6.07, 6.45) is 0.553. The minimum atomic E-state index is -1.61. The fourth-order valence-corrected chi connectivity index (χ4v) is 1.88. The van der Waals surface area contributed by atoms with Gasteiger partial charge in [-0.2, -0.15) is 11.8 Å². The average Bonchev–Trinajstić information content (AvgIpc) is 2.35. The fraction of sp³-hybridized carbons (Fsp3) is 0.364. The Morgan fingerprint density at radius 2 is 2.00 bits per heavy atom. The third-order valence-electron chi connectivity index (χ3n) is 1.99. The molecule has 0 aliphatic rings. The van der Waals surface area contributed by atoms with Crippen LogP contribution in [0.1, 0.15) is 6.42 Å². The number of aliphatic hydroxyl groups is 1. The molecule has 1 rings (SSSR count). The quantitative estimate of drug-likeness (QED) is 0.619. The molecule has 7 heteroatoms. The molecule has 0 spiro atoms. The molecular weight excluding hydrogens is 267 g/mol. The number of anilines is 1. The molecule has 0 fully saturated rings. The van der Waals surface area contributed by atoms with E-state index in [4.69, 9.17) is 5.11 Å². The average molecular weight is 279 g/mol. The number of rotatable bonds is 6. The van der Waals surface area contributed by atoms with E-state index in [-0.39, 0.29) is 18.0 Å². The Morgan fingerprint density at radius 1 is 1.28 bits per heavy atom. The van der Waals surface area contributed by atoms with Crippen molar-refractivity contribution in [3.63, 3.8) is 0 Å². The summed E-state index contributed by atoms with van der Waals surface area (Å²) in [7, 11) is 0. The van der Waals surface area contributed by atoms with Crippen molar-refractivity contribution >= 4 is 23.4 Å². The topological polar surface area (TPSA) is 49.3 Å². The molecule has 0 saturated heterocycles. The zero-order chi connectivity index (χ0) is 13.5. The number of carbonyl (C=O) groups is 1. The zero-order valence-corrected chi connectivity index (χ0v) is 10.2. The number of nitrogens with one attached hydrogen (secondary N) is 1. The van der Waals surface area contributed by atoms with Crippen LogP contribution in [-0.2, 0) is 4.79 Å². The summed E-state index contributed by atoms with van der Waals surface area (Å²) in [5.74, 6) is -4.20. The largest absolute Gasteiger partial charge is 0.396 e. The highest BCUT2D eigenvalue weighted by Crippen LogP contribution is 2.19. The van der Waals surface area contributed by atoms with Crippen LogP contribution in [0, 0.1) is 17.5 Å². The summed E-state index contributed by atoms with van der Waals surface area (Å²) >= 11 is 1.26. The molecule has 0 unspecified atom stereocenters. The van der Waals surface area contributed by atoms with Crippen LogP contribution in [0.4, 0.5) is 18.9 Å². The maximum absolute atomic E-state index is 13.2. The van der Waals surface area contributed by atoms with Gasteiger partial charge in [0.2, 0.25) is 5.91 Å². The molecular formula is C11H12F3NO2S. The van der Waals surface area contributed by atoms with Gasteiger partial charge >= 0.3 is 0 Å². The van der Waals surface area contributed by atoms with E-state index in [1.54, 1.807) is 0 Å². The Bertz CT molecular complexity index is 429. The summed E-state index contributed by atoms with van der Waals surface area (Å²) in [5, 5.41) is 10.7. The van der Waals surface area contributed by atoms with Crippen molar-refractivity contribution in [2.45, 2.75) is 6.42 Å². The number of benzene rings is 1. The lowest BCUT2D eigenvalue weighted by Crippen LogP contribution is -2.16. The lowest BCUT2D eigenvalue weighted by molar-refractivity contribution is -0.113. The molecule has 0 bridgehead atoms. The normalized spacial score (nSPS) is 10.4. The van der Waals surface area contributed by atoms with E-state index in [0.29, 0.717) is 12.2 Å². The van der Waals surface area contributed by atoms with E-state index < -0.39 is 23.4 Å². The highest BCUT2D eigenvalue weighted by atomic mass is 32.2. The number of hydrogen-bond donors (Lipinski definition) is 2. The van der Waals surface area contributed by atoms with Gasteiger partial charge < -0.3 is 10.4 Å². The van der Waals surface area contributed by atoms with Gasteiger partial charge in [0.25, 0.3) is 0 Å². The van der Waals surface area contributed by atoms with Gasteiger partial charge in [-0.3, -0.25) is 4.79 Å². The Balaban J connectivity index is 2.52. The molecule has 0 radical (unpaired) electrons. The van der Waals surface area contributed by atoms with E-state index in [1.165, 1.54) is 11.8 Å². The number of aliphatic hydroxyl groups excluding tert-OH is 1. The Morgan fingerprint density at radius 3 is 2.67 bits per heavy atom. The molecule has 1 aromatic rings. The standard InChI is InChI=1S/C11H12F3NO2S/c12-7-2-3-8(11(14)10(7)13)15-9(17)6-18-5-1-4-16/h2-3,16H,1,4-6H2,(H,15,17). The van der Waals surface area contributed by atoms with Crippen molar-refractivity contribution in [3.8, 4) is 0 Å². The smallest absolute Gasteiger partial charge is 0.234 e. The zero-order valence-electron chi connectivity index (χ0n) is 9.38. The first kappa shape index (κ1) is 14.8. The number of amides is 1. The number of hydrogen-bond acceptors (Lipinski definition) is 3. The molecule has 2 N–H and O–H groups in total. The first-order valence-electron chi connectivity index (χ1n) is 5.18. The minimum Gasteiger partial charge on any atom is -0.396 e. The van der Waals surface area contributed by atoms with E-state index in [0.717, 1.165) is 12.1 Å². The van der Waals surface area contributed by atoms with Crippen molar-refractivity contribution in [3.05, 3.63) is 29.6 Å². The van der Waals surface area contributed by atoms with Crippen LogP contribution >= 0.6 is 11.8 Å². The van der Waals surface area contributed by atoms with Crippen LogP contribution in [0.3, 0.4) is 0 Å². The molecule has 1 aromatic carbocycles. The van der Waals surface area contributed by atoms with Gasteiger partial charge in [-0.15, -0.1) is 0 Å². The van der Waals surface area contributed by atoms with E-state index in [1.807, 2.05) is 0 Å². The predicted octanol–water partition coefficient (Wildman–Crippen LogP) is 2.16.